The summed E-state index contributed by atoms with van der Waals surface area (Å²) in [6, 6.07) is 1.77. The van der Waals surface area contributed by atoms with Crippen molar-refractivity contribution in [1.29, 1.82) is 0 Å². The number of aromatic nitrogens is 2. The number of nitrogens with zero attached hydrogens (tertiary/aromatic N) is 3. The van der Waals surface area contributed by atoms with E-state index in [0.29, 0.717) is 6.54 Å². The lowest BCUT2D eigenvalue weighted by atomic mass is 10.0. The molecule has 0 aliphatic carbocycles. The molecule has 2 heterocycles. The molecule has 2 rings (SSSR count). The maximum Gasteiger partial charge on any atom is 0.135 e. The Balaban J connectivity index is 2.08. The first-order chi connectivity index (χ1) is 6.27. The number of rotatable bonds is 1. The van der Waals surface area contributed by atoms with Gasteiger partial charge >= 0.3 is 0 Å². The smallest absolute Gasteiger partial charge is 0.135 e. The van der Waals surface area contributed by atoms with Gasteiger partial charge in [-0.1, -0.05) is 0 Å². The van der Waals surface area contributed by atoms with Crippen molar-refractivity contribution in [2.24, 2.45) is 0 Å². The molecule has 0 bridgehead atoms. The minimum atomic E-state index is -0.793. The highest BCUT2D eigenvalue weighted by atomic mass is 19.1. The summed E-state index contributed by atoms with van der Waals surface area (Å²) in [5.41, 5.74) is 0. The van der Waals surface area contributed by atoms with Crippen LogP contribution in [0.3, 0.4) is 0 Å². The summed E-state index contributed by atoms with van der Waals surface area (Å²) in [6.45, 7) is 1.47. The average Bonchev–Trinajstić information content (AvgIpc) is 2.56. The van der Waals surface area contributed by atoms with Gasteiger partial charge in [-0.05, 0) is 19.5 Å². The topological polar surface area (TPSA) is 21.1 Å². The average molecular weight is 183 g/mol. The standard InChI is InChI=1S/C9H14FN3/c1-12-6-3-9(8(10)7-12)13-5-2-4-11-13/h2,4-5,8-9H,3,6-7H2,1H3. The Kier molecular flexibility index (Phi) is 2.31. The van der Waals surface area contributed by atoms with Gasteiger partial charge < -0.3 is 4.90 Å². The normalized spacial score (nSPS) is 30.6. The fourth-order valence-corrected chi connectivity index (χ4v) is 1.82. The zero-order valence-electron chi connectivity index (χ0n) is 7.73. The lowest BCUT2D eigenvalue weighted by Gasteiger charge is -2.32. The summed E-state index contributed by atoms with van der Waals surface area (Å²) < 4.78 is 15.3. The summed E-state index contributed by atoms with van der Waals surface area (Å²) in [4.78, 5) is 2.02. The molecule has 1 aliphatic heterocycles. The Hall–Kier alpha value is -0.900. The molecular formula is C9H14FN3. The van der Waals surface area contributed by atoms with Crippen LogP contribution in [0.5, 0.6) is 0 Å². The molecule has 2 atom stereocenters. The van der Waals surface area contributed by atoms with E-state index < -0.39 is 6.17 Å². The quantitative estimate of drug-likeness (QED) is 0.650. The second-order valence-corrected chi connectivity index (χ2v) is 3.62. The van der Waals surface area contributed by atoms with Crippen molar-refractivity contribution in [2.45, 2.75) is 18.6 Å². The molecule has 1 aromatic heterocycles. The van der Waals surface area contributed by atoms with Crippen molar-refractivity contribution in [2.75, 3.05) is 20.1 Å². The first-order valence-corrected chi connectivity index (χ1v) is 4.59. The molecule has 13 heavy (non-hydrogen) atoms. The third-order valence-corrected chi connectivity index (χ3v) is 2.57. The number of piperidine rings is 1. The van der Waals surface area contributed by atoms with Gasteiger partial charge in [0.05, 0.1) is 6.04 Å². The fraction of sp³-hybridized carbons (Fsp3) is 0.667. The maximum atomic E-state index is 13.6. The van der Waals surface area contributed by atoms with Crippen LogP contribution in [-0.2, 0) is 0 Å². The number of likely N-dealkylation sites (tertiary alicyclic amines) is 1. The van der Waals surface area contributed by atoms with Crippen molar-refractivity contribution >= 4 is 0 Å². The molecule has 0 amide bonds. The molecule has 0 spiro atoms. The van der Waals surface area contributed by atoms with Crippen molar-refractivity contribution < 1.29 is 4.39 Å². The van der Waals surface area contributed by atoms with E-state index >= 15 is 0 Å². The summed E-state index contributed by atoms with van der Waals surface area (Å²) in [5, 5.41) is 4.07. The largest absolute Gasteiger partial charge is 0.303 e. The number of hydrogen-bond donors (Lipinski definition) is 0. The lowest BCUT2D eigenvalue weighted by molar-refractivity contribution is 0.101. The van der Waals surface area contributed by atoms with Gasteiger partial charge in [-0.2, -0.15) is 5.10 Å². The van der Waals surface area contributed by atoms with E-state index in [2.05, 4.69) is 5.10 Å². The van der Waals surface area contributed by atoms with E-state index in [0.717, 1.165) is 13.0 Å². The molecule has 2 unspecified atom stereocenters. The molecule has 1 saturated heterocycles. The van der Waals surface area contributed by atoms with Gasteiger partial charge in [-0.3, -0.25) is 4.68 Å². The SMILES string of the molecule is CN1CCC(n2cccn2)C(F)C1. The highest BCUT2D eigenvalue weighted by Gasteiger charge is 2.28. The van der Waals surface area contributed by atoms with Crippen LogP contribution < -0.4 is 0 Å². The van der Waals surface area contributed by atoms with Gasteiger partial charge in [0.25, 0.3) is 0 Å². The second-order valence-electron chi connectivity index (χ2n) is 3.62. The Morgan fingerprint density at radius 3 is 3.00 bits per heavy atom. The number of halogens is 1. The van der Waals surface area contributed by atoms with Gasteiger partial charge in [0.15, 0.2) is 0 Å². The second kappa shape index (κ2) is 3.46. The van der Waals surface area contributed by atoms with E-state index in [1.165, 1.54) is 0 Å². The molecule has 1 fully saturated rings. The molecule has 0 saturated carbocycles. The number of hydrogen-bond acceptors (Lipinski definition) is 2. The first-order valence-electron chi connectivity index (χ1n) is 4.59. The zero-order valence-corrected chi connectivity index (χ0v) is 7.73. The summed E-state index contributed by atoms with van der Waals surface area (Å²) in [7, 11) is 1.95. The minimum Gasteiger partial charge on any atom is -0.303 e. The molecule has 4 heteroatoms. The van der Waals surface area contributed by atoms with Crippen LogP contribution in [0, 0.1) is 0 Å². The van der Waals surface area contributed by atoms with Crippen molar-refractivity contribution in [3.8, 4) is 0 Å². The van der Waals surface area contributed by atoms with E-state index in [4.69, 9.17) is 0 Å². The van der Waals surface area contributed by atoms with Gasteiger partial charge in [0.1, 0.15) is 6.17 Å². The van der Waals surface area contributed by atoms with Crippen LogP contribution in [-0.4, -0.2) is 41.0 Å². The predicted molar refractivity (Wildman–Crippen MR) is 48.3 cm³/mol. The van der Waals surface area contributed by atoms with Gasteiger partial charge in [0.2, 0.25) is 0 Å². The van der Waals surface area contributed by atoms with Gasteiger partial charge in [-0.25, -0.2) is 4.39 Å². The first kappa shape index (κ1) is 8.69. The molecule has 0 radical (unpaired) electrons. The molecule has 3 nitrogen and oxygen atoms in total. The highest BCUT2D eigenvalue weighted by Crippen LogP contribution is 2.23. The molecule has 1 aliphatic rings. The molecule has 0 N–H and O–H groups in total. The monoisotopic (exact) mass is 183 g/mol. The highest BCUT2D eigenvalue weighted by molar-refractivity contribution is 4.88. The van der Waals surface area contributed by atoms with Crippen LogP contribution in [0.2, 0.25) is 0 Å². The summed E-state index contributed by atoms with van der Waals surface area (Å²) in [6.07, 6.45) is 3.59. The van der Waals surface area contributed by atoms with Gasteiger partial charge in [-0.15, -0.1) is 0 Å². The Bertz CT molecular complexity index is 260. The Labute approximate surface area is 77.1 Å². The molecule has 1 aromatic rings. The van der Waals surface area contributed by atoms with Crippen molar-refractivity contribution in [3.63, 3.8) is 0 Å². The third-order valence-electron chi connectivity index (χ3n) is 2.57. The zero-order chi connectivity index (χ0) is 9.26. The minimum absolute atomic E-state index is 0.0637. The third kappa shape index (κ3) is 1.72. The maximum absolute atomic E-state index is 13.6. The predicted octanol–water partition coefficient (Wildman–Crippen LogP) is 1.10. The van der Waals surface area contributed by atoms with E-state index in [-0.39, 0.29) is 6.04 Å². The van der Waals surface area contributed by atoms with Crippen LogP contribution in [0.25, 0.3) is 0 Å². The summed E-state index contributed by atoms with van der Waals surface area (Å²) in [5.74, 6) is 0. The molecule has 72 valence electrons. The Morgan fingerprint density at radius 1 is 1.54 bits per heavy atom. The number of alkyl halides is 1. The van der Waals surface area contributed by atoms with E-state index in [1.807, 2.05) is 24.2 Å². The fourth-order valence-electron chi connectivity index (χ4n) is 1.82. The molecular weight excluding hydrogens is 169 g/mol. The van der Waals surface area contributed by atoms with Crippen LogP contribution in [0.1, 0.15) is 12.5 Å². The van der Waals surface area contributed by atoms with Crippen LogP contribution >= 0.6 is 0 Å². The van der Waals surface area contributed by atoms with E-state index in [9.17, 15) is 4.39 Å². The van der Waals surface area contributed by atoms with E-state index in [1.54, 1.807) is 10.9 Å². The van der Waals surface area contributed by atoms with Crippen molar-refractivity contribution in [1.82, 2.24) is 14.7 Å². The van der Waals surface area contributed by atoms with Crippen molar-refractivity contribution in [3.05, 3.63) is 18.5 Å². The van der Waals surface area contributed by atoms with Gasteiger partial charge in [0, 0.05) is 25.5 Å². The lowest BCUT2D eigenvalue weighted by Crippen LogP contribution is -2.40. The van der Waals surface area contributed by atoms with Crippen LogP contribution in [0.15, 0.2) is 18.5 Å². The molecule has 0 aromatic carbocycles. The Morgan fingerprint density at radius 2 is 2.38 bits per heavy atom. The summed E-state index contributed by atoms with van der Waals surface area (Å²) >= 11 is 0. The van der Waals surface area contributed by atoms with Crippen LogP contribution in [0.4, 0.5) is 4.39 Å².